The summed E-state index contributed by atoms with van der Waals surface area (Å²) >= 11 is 0. The van der Waals surface area contributed by atoms with Crippen molar-refractivity contribution >= 4 is 0 Å². The van der Waals surface area contributed by atoms with Crippen LogP contribution in [0.25, 0.3) is 0 Å². The molecule has 124 valence electrons. The Hall–Kier alpha value is -1.98. The maximum absolute atomic E-state index is 12.8. The molecule has 0 nitrogen and oxygen atoms in total. The summed E-state index contributed by atoms with van der Waals surface area (Å²) in [7, 11) is 0. The van der Waals surface area contributed by atoms with Gasteiger partial charge in [-0.1, -0.05) is 23.3 Å². The molecule has 2 aromatic rings. The van der Waals surface area contributed by atoms with Gasteiger partial charge < -0.3 is 0 Å². The summed E-state index contributed by atoms with van der Waals surface area (Å²) in [6, 6.07) is 7.07. The van der Waals surface area contributed by atoms with Crippen LogP contribution in [-0.4, -0.2) is 0 Å². The van der Waals surface area contributed by atoms with Gasteiger partial charge in [0.1, 0.15) is 0 Å². The van der Waals surface area contributed by atoms with Crippen molar-refractivity contribution in [2.75, 3.05) is 0 Å². The lowest BCUT2D eigenvalue weighted by atomic mass is 9.97. The van der Waals surface area contributed by atoms with Crippen LogP contribution >= 0.6 is 0 Å². The van der Waals surface area contributed by atoms with E-state index in [0.717, 1.165) is 24.3 Å². The SMILES string of the molecule is Cc1cc(Cc2cc(C)cc(C(F)(F)F)c2)cc(C(F)(F)F)c1. The van der Waals surface area contributed by atoms with Gasteiger partial charge in [-0.05, 0) is 55.7 Å². The third-order valence-corrected chi connectivity index (χ3v) is 3.34. The minimum atomic E-state index is -4.48. The molecule has 0 aromatic heterocycles. The van der Waals surface area contributed by atoms with Crippen molar-refractivity contribution in [3.63, 3.8) is 0 Å². The normalized spacial score (nSPS) is 12.5. The maximum Gasteiger partial charge on any atom is 0.416 e. The molecule has 0 N–H and O–H groups in total. The maximum atomic E-state index is 12.8. The van der Waals surface area contributed by atoms with Gasteiger partial charge >= 0.3 is 12.4 Å². The molecule has 0 spiro atoms. The van der Waals surface area contributed by atoms with E-state index in [-0.39, 0.29) is 6.42 Å². The number of hydrogen-bond donors (Lipinski definition) is 0. The fraction of sp³-hybridized carbons (Fsp3) is 0.294. The highest BCUT2D eigenvalue weighted by molar-refractivity contribution is 5.38. The Morgan fingerprint density at radius 1 is 0.609 bits per heavy atom. The first-order chi connectivity index (χ1) is 10.4. The average Bonchev–Trinajstić information content (AvgIpc) is 2.35. The van der Waals surface area contributed by atoms with Gasteiger partial charge in [0, 0.05) is 0 Å². The van der Waals surface area contributed by atoms with E-state index in [4.69, 9.17) is 0 Å². The number of benzene rings is 2. The monoisotopic (exact) mass is 332 g/mol. The summed E-state index contributed by atoms with van der Waals surface area (Å²) in [6.45, 7) is 3.05. The summed E-state index contributed by atoms with van der Waals surface area (Å²) in [5.41, 5.74) is -0.100. The van der Waals surface area contributed by atoms with Gasteiger partial charge in [-0.25, -0.2) is 0 Å². The summed E-state index contributed by atoms with van der Waals surface area (Å²) in [4.78, 5) is 0. The second-order valence-corrected chi connectivity index (χ2v) is 5.59. The molecule has 0 fully saturated rings. The standard InChI is InChI=1S/C17H14F6/c1-10-3-12(8-14(5-10)16(18,19)20)7-13-4-11(2)6-15(9-13)17(21,22)23/h3-6,8-9H,7H2,1-2H3. The minimum absolute atomic E-state index is 0.00944. The van der Waals surface area contributed by atoms with Gasteiger partial charge in [0.05, 0.1) is 11.1 Å². The van der Waals surface area contributed by atoms with Crippen LogP contribution in [0.2, 0.25) is 0 Å². The van der Waals surface area contributed by atoms with Crippen molar-refractivity contribution in [1.82, 2.24) is 0 Å². The van der Waals surface area contributed by atoms with Crippen molar-refractivity contribution in [1.29, 1.82) is 0 Å². The van der Waals surface area contributed by atoms with Crippen molar-refractivity contribution in [2.24, 2.45) is 0 Å². The fourth-order valence-corrected chi connectivity index (χ4v) is 2.49. The molecule has 0 saturated heterocycles. The second kappa shape index (κ2) is 5.91. The van der Waals surface area contributed by atoms with Gasteiger partial charge in [0.2, 0.25) is 0 Å². The summed E-state index contributed by atoms with van der Waals surface area (Å²) < 4.78 is 76.9. The molecule has 0 unspecified atom stereocenters. The van der Waals surface area contributed by atoms with Crippen LogP contribution in [0.1, 0.15) is 33.4 Å². The largest absolute Gasteiger partial charge is 0.416 e. The Kier molecular flexibility index (Phi) is 4.46. The molecule has 0 saturated carbocycles. The Bertz CT molecular complexity index is 648. The van der Waals surface area contributed by atoms with E-state index in [2.05, 4.69) is 0 Å². The highest BCUT2D eigenvalue weighted by Crippen LogP contribution is 2.33. The zero-order chi connectivity index (χ0) is 17.4. The van der Waals surface area contributed by atoms with Crippen LogP contribution in [0.4, 0.5) is 26.3 Å². The molecular weight excluding hydrogens is 318 g/mol. The Balaban J connectivity index is 2.40. The van der Waals surface area contributed by atoms with Crippen molar-refractivity contribution in [3.8, 4) is 0 Å². The lowest BCUT2D eigenvalue weighted by molar-refractivity contribution is -0.138. The van der Waals surface area contributed by atoms with Crippen LogP contribution in [0.15, 0.2) is 36.4 Å². The Morgan fingerprint density at radius 2 is 0.957 bits per heavy atom. The topological polar surface area (TPSA) is 0 Å². The van der Waals surface area contributed by atoms with E-state index < -0.39 is 23.5 Å². The third-order valence-electron chi connectivity index (χ3n) is 3.34. The van der Waals surface area contributed by atoms with Crippen molar-refractivity contribution in [2.45, 2.75) is 32.6 Å². The average molecular weight is 332 g/mol. The zero-order valence-electron chi connectivity index (χ0n) is 12.4. The molecule has 0 aliphatic rings. The van der Waals surface area contributed by atoms with E-state index in [1.54, 1.807) is 12.1 Å². The van der Waals surface area contributed by atoms with Crippen molar-refractivity contribution in [3.05, 3.63) is 69.8 Å². The van der Waals surface area contributed by atoms with Gasteiger partial charge in [0.25, 0.3) is 0 Å². The number of rotatable bonds is 2. The number of aryl methyl sites for hydroxylation is 2. The number of halogens is 6. The van der Waals surface area contributed by atoms with Gasteiger partial charge in [-0.2, -0.15) is 26.3 Å². The van der Waals surface area contributed by atoms with Crippen LogP contribution in [0.5, 0.6) is 0 Å². The molecule has 0 bridgehead atoms. The molecule has 0 heterocycles. The molecular formula is C17H14F6. The molecule has 6 heteroatoms. The van der Waals surface area contributed by atoms with Crippen LogP contribution in [0.3, 0.4) is 0 Å². The first-order valence-electron chi connectivity index (χ1n) is 6.81. The Labute approximate surface area is 129 Å². The summed E-state index contributed by atoms with van der Waals surface area (Å²) in [6.07, 6.45) is -8.95. The van der Waals surface area contributed by atoms with E-state index in [0.29, 0.717) is 22.3 Å². The second-order valence-electron chi connectivity index (χ2n) is 5.59. The van der Waals surface area contributed by atoms with Gasteiger partial charge in [0.15, 0.2) is 0 Å². The lowest BCUT2D eigenvalue weighted by Crippen LogP contribution is -2.08. The first kappa shape index (κ1) is 17.4. The van der Waals surface area contributed by atoms with E-state index in [1.807, 2.05) is 0 Å². The minimum Gasteiger partial charge on any atom is -0.166 e. The number of alkyl halides is 6. The highest BCUT2D eigenvalue weighted by Gasteiger charge is 2.32. The zero-order valence-corrected chi connectivity index (χ0v) is 12.4. The Morgan fingerprint density at radius 3 is 1.26 bits per heavy atom. The first-order valence-corrected chi connectivity index (χ1v) is 6.81. The van der Waals surface area contributed by atoms with Crippen LogP contribution < -0.4 is 0 Å². The molecule has 0 aliphatic carbocycles. The predicted molar refractivity (Wildman–Crippen MR) is 75.2 cm³/mol. The summed E-state index contributed by atoms with van der Waals surface area (Å²) in [5, 5.41) is 0. The van der Waals surface area contributed by atoms with Gasteiger partial charge in [-0.15, -0.1) is 0 Å². The third kappa shape index (κ3) is 4.50. The molecule has 0 radical (unpaired) electrons. The predicted octanol–water partition coefficient (Wildman–Crippen LogP) is 5.93. The highest BCUT2D eigenvalue weighted by atomic mass is 19.4. The lowest BCUT2D eigenvalue weighted by Gasteiger charge is -2.13. The van der Waals surface area contributed by atoms with Crippen LogP contribution in [-0.2, 0) is 18.8 Å². The van der Waals surface area contributed by atoms with Crippen LogP contribution in [0, 0.1) is 13.8 Å². The smallest absolute Gasteiger partial charge is 0.166 e. The molecule has 0 amide bonds. The molecule has 23 heavy (non-hydrogen) atoms. The van der Waals surface area contributed by atoms with E-state index in [1.165, 1.54) is 13.8 Å². The molecule has 0 atom stereocenters. The quantitative estimate of drug-likeness (QED) is 0.598. The molecule has 2 rings (SSSR count). The molecule has 0 aliphatic heterocycles. The molecule has 2 aromatic carbocycles. The van der Waals surface area contributed by atoms with Gasteiger partial charge in [-0.3, -0.25) is 0 Å². The fourth-order valence-electron chi connectivity index (χ4n) is 2.49. The summed E-state index contributed by atoms with van der Waals surface area (Å²) in [5.74, 6) is 0. The van der Waals surface area contributed by atoms with Crippen molar-refractivity contribution < 1.29 is 26.3 Å². The number of hydrogen-bond acceptors (Lipinski definition) is 0. The van der Waals surface area contributed by atoms with E-state index >= 15 is 0 Å². The van der Waals surface area contributed by atoms with E-state index in [9.17, 15) is 26.3 Å².